The number of nitrogens with zero attached hydrogens (tertiary/aromatic N) is 1. The Bertz CT molecular complexity index is 874. The molecule has 32 heavy (non-hydrogen) atoms. The molecule has 172 valence electrons. The molecule has 1 amide bonds. The van der Waals surface area contributed by atoms with Gasteiger partial charge in [-0.15, -0.1) is 11.3 Å². The number of allylic oxidation sites excluding steroid dienone is 1. The Kier molecular flexibility index (Phi) is 10.0. The number of aromatic carboxylic acids is 1. The van der Waals surface area contributed by atoms with E-state index in [1.807, 2.05) is 11.0 Å². The highest BCUT2D eigenvalue weighted by Gasteiger charge is 2.28. The molecule has 1 N–H and O–H groups in total. The van der Waals surface area contributed by atoms with Gasteiger partial charge in [0.15, 0.2) is 0 Å². The van der Waals surface area contributed by atoms with Crippen molar-refractivity contribution >= 4 is 23.2 Å². The molecule has 5 heteroatoms. The van der Waals surface area contributed by atoms with E-state index in [4.69, 9.17) is 5.11 Å². The minimum Gasteiger partial charge on any atom is -0.477 e. The van der Waals surface area contributed by atoms with Gasteiger partial charge >= 0.3 is 5.97 Å². The summed E-state index contributed by atoms with van der Waals surface area (Å²) in [5.74, 6) is -0.621. The highest BCUT2D eigenvalue weighted by molar-refractivity contribution is 7.13. The first-order chi connectivity index (χ1) is 15.6. The lowest BCUT2D eigenvalue weighted by molar-refractivity contribution is -0.128. The Balaban J connectivity index is 1.27. The molecular weight excluding hydrogens is 418 g/mol. The van der Waals surface area contributed by atoms with Gasteiger partial charge in [0, 0.05) is 17.8 Å². The lowest BCUT2D eigenvalue weighted by Gasteiger charge is -2.22. The lowest BCUT2D eigenvalue weighted by atomic mass is 10.0. The normalized spacial score (nSPS) is 16.3. The molecule has 0 bridgehead atoms. The van der Waals surface area contributed by atoms with Crippen molar-refractivity contribution in [3.05, 3.63) is 69.9 Å². The summed E-state index contributed by atoms with van der Waals surface area (Å²) in [5, 5.41) is 9.03. The summed E-state index contributed by atoms with van der Waals surface area (Å²) in [6.07, 6.45) is 16.3. The molecule has 1 aliphatic rings. The predicted octanol–water partition coefficient (Wildman–Crippen LogP) is 6.51. The van der Waals surface area contributed by atoms with E-state index in [0.29, 0.717) is 11.3 Å². The van der Waals surface area contributed by atoms with Crippen LogP contribution in [-0.4, -0.2) is 34.5 Å². The minimum atomic E-state index is -0.867. The van der Waals surface area contributed by atoms with Crippen LogP contribution in [0.5, 0.6) is 0 Å². The van der Waals surface area contributed by atoms with Crippen LogP contribution in [0, 0.1) is 0 Å². The van der Waals surface area contributed by atoms with Gasteiger partial charge in [-0.25, -0.2) is 4.79 Å². The number of likely N-dealkylation sites (tertiary alicyclic amines) is 1. The summed E-state index contributed by atoms with van der Waals surface area (Å²) in [6, 6.07) is 14.5. The number of hydrogen-bond acceptors (Lipinski definition) is 3. The molecule has 1 atom stereocenters. The van der Waals surface area contributed by atoms with Crippen LogP contribution in [0.3, 0.4) is 0 Å². The number of rotatable bonds is 14. The molecule has 0 saturated carbocycles. The molecule has 3 rings (SSSR count). The number of hydrogen-bond donors (Lipinski definition) is 1. The first kappa shape index (κ1) is 24.2. The third-order valence-electron chi connectivity index (χ3n) is 6.11. The van der Waals surface area contributed by atoms with E-state index in [2.05, 4.69) is 42.5 Å². The van der Waals surface area contributed by atoms with Crippen molar-refractivity contribution in [3.63, 3.8) is 0 Å². The summed E-state index contributed by atoms with van der Waals surface area (Å²) >= 11 is 1.33. The highest BCUT2D eigenvalue weighted by atomic mass is 32.1. The summed E-state index contributed by atoms with van der Waals surface area (Å²) < 4.78 is 0. The van der Waals surface area contributed by atoms with Crippen LogP contribution >= 0.6 is 11.3 Å². The van der Waals surface area contributed by atoms with Gasteiger partial charge in [-0.2, -0.15) is 0 Å². The fraction of sp³-hybridized carbons (Fsp3) is 0.481. The van der Waals surface area contributed by atoms with Gasteiger partial charge < -0.3 is 10.0 Å². The lowest BCUT2D eigenvalue weighted by Crippen LogP contribution is -2.32. The van der Waals surface area contributed by atoms with E-state index < -0.39 is 5.97 Å². The smallest absolute Gasteiger partial charge is 0.345 e. The quantitative estimate of drug-likeness (QED) is 0.262. The maximum Gasteiger partial charge on any atom is 0.345 e. The molecule has 1 saturated heterocycles. The number of thiophene rings is 1. The standard InChI is InChI=1S/C27H35NO3S/c29-26-20-17-23(28(26)21-11-16-24-18-19-25(32-24)27(30)31)15-10-5-3-1-2-4-7-12-22-13-8-6-9-14-22/h6,8-10,13-15,18-19,23H,1-5,7,11-12,16-17,20-21H2,(H,30,31)/b15-10+. The van der Waals surface area contributed by atoms with Crippen LogP contribution in [0.4, 0.5) is 0 Å². The molecule has 1 aromatic heterocycles. The first-order valence-corrected chi connectivity index (χ1v) is 12.8. The van der Waals surface area contributed by atoms with Crippen LogP contribution < -0.4 is 0 Å². The monoisotopic (exact) mass is 453 g/mol. The Hall–Kier alpha value is -2.40. The number of carboxylic acid groups (broad SMARTS) is 1. The number of carbonyl (C=O) groups is 2. The van der Waals surface area contributed by atoms with Crippen molar-refractivity contribution in [2.24, 2.45) is 0 Å². The molecule has 0 radical (unpaired) electrons. The van der Waals surface area contributed by atoms with Crippen LogP contribution in [0.25, 0.3) is 0 Å². The van der Waals surface area contributed by atoms with Crippen LogP contribution in [0.15, 0.2) is 54.6 Å². The van der Waals surface area contributed by atoms with Crippen molar-refractivity contribution in [1.82, 2.24) is 4.90 Å². The van der Waals surface area contributed by atoms with Gasteiger partial charge in [0.05, 0.1) is 6.04 Å². The van der Waals surface area contributed by atoms with Crippen LogP contribution in [0.1, 0.15) is 77.9 Å². The van der Waals surface area contributed by atoms with E-state index >= 15 is 0 Å². The molecule has 1 aromatic carbocycles. The Morgan fingerprint density at radius 2 is 1.78 bits per heavy atom. The second kappa shape index (κ2) is 13.2. The van der Waals surface area contributed by atoms with E-state index in [1.165, 1.54) is 55.4 Å². The predicted molar refractivity (Wildman–Crippen MR) is 131 cm³/mol. The van der Waals surface area contributed by atoms with Crippen LogP contribution in [0.2, 0.25) is 0 Å². The number of unbranched alkanes of at least 4 members (excludes halogenated alkanes) is 5. The molecule has 1 fully saturated rings. The third kappa shape index (κ3) is 7.94. The zero-order valence-electron chi connectivity index (χ0n) is 18.9. The maximum atomic E-state index is 12.3. The number of amides is 1. The van der Waals surface area contributed by atoms with E-state index in [1.54, 1.807) is 6.07 Å². The van der Waals surface area contributed by atoms with Gasteiger partial charge in [0.25, 0.3) is 0 Å². The molecule has 4 nitrogen and oxygen atoms in total. The van der Waals surface area contributed by atoms with Gasteiger partial charge in [-0.05, 0) is 62.6 Å². The minimum absolute atomic E-state index is 0.228. The zero-order valence-corrected chi connectivity index (χ0v) is 19.7. The highest BCUT2D eigenvalue weighted by Crippen LogP contribution is 2.23. The topological polar surface area (TPSA) is 57.6 Å². The van der Waals surface area contributed by atoms with E-state index in [9.17, 15) is 9.59 Å². The molecule has 2 aromatic rings. The van der Waals surface area contributed by atoms with Gasteiger partial charge in [-0.1, -0.05) is 61.7 Å². The number of aryl methyl sites for hydroxylation is 2. The molecule has 2 heterocycles. The van der Waals surface area contributed by atoms with Crippen molar-refractivity contribution in [3.8, 4) is 0 Å². The van der Waals surface area contributed by atoms with Crippen molar-refractivity contribution in [2.45, 2.75) is 76.7 Å². The van der Waals surface area contributed by atoms with Gasteiger partial charge in [0.1, 0.15) is 4.88 Å². The summed E-state index contributed by atoms with van der Waals surface area (Å²) in [7, 11) is 0. The average Bonchev–Trinajstić information content (AvgIpc) is 3.41. The molecule has 0 aliphatic carbocycles. The fourth-order valence-corrected chi connectivity index (χ4v) is 5.21. The van der Waals surface area contributed by atoms with Crippen molar-refractivity contribution < 1.29 is 14.7 Å². The SMILES string of the molecule is O=C(O)c1ccc(CCCN2C(=O)CCC2/C=C/CCCCCCCc2ccccc2)s1. The Labute approximate surface area is 196 Å². The number of carboxylic acids is 1. The number of benzene rings is 1. The summed E-state index contributed by atoms with van der Waals surface area (Å²) in [6.45, 7) is 0.746. The third-order valence-corrected chi connectivity index (χ3v) is 7.24. The zero-order chi connectivity index (χ0) is 22.6. The molecule has 1 unspecified atom stereocenters. The largest absolute Gasteiger partial charge is 0.477 e. The van der Waals surface area contributed by atoms with Crippen molar-refractivity contribution in [2.75, 3.05) is 6.54 Å². The van der Waals surface area contributed by atoms with E-state index in [-0.39, 0.29) is 11.9 Å². The number of carbonyl (C=O) groups excluding carboxylic acids is 1. The summed E-state index contributed by atoms with van der Waals surface area (Å²) in [4.78, 5) is 26.7. The first-order valence-electron chi connectivity index (χ1n) is 12.0. The molecular formula is C27H35NO3S. The second-order valence-electron chi connectivity index (χ2n) is 8.59. The van der Waals surface area contributed by atoms with Crippen LogP contribution in [-0.2, 0) is 17.6 Å². The summed E-state index contributed by atoms with van der Waals surface area (Å²) in [5.41, 5.74) is 1.44. The molecule has 0 spiro atoms. The second-order valence-corrected chi connectivity index (χ2v) is 9.76. The average molecular weight is 454 g/mol. The Morgan fingerprint density at radius 3 is 2.56 bits per heavy atom. The molecule has 1 aliphatic heterocycles. The fourth-order valence-electron chi connectivity index (χ4n) is 4.32. The van der Waals surface area contributed by atoms with Gasteiger partial charge in [-0.3, -0.25) is 4.79 Å². The maximum absolute atomic E-state index is 12.3. The Morgan fingerprint density at radius 1 is 1.00 bits per heavy atom. The van der Waals surface area contributed by atoms with E-state index in [0.717, 1.165) is 37.1 Å². The van der Waals surface area contributed by atoms with Gasteiger partial charge in [0.2, 0.25) is 5.91 Å². The van der Waals surface area contributed by atoms with Crippen molar-refractivity contribution in [1.29, 1.82) is 0 Å².